The number of carbonyl (C=O) groups excluding carboxylic acids is 1. The molecule has 0 spiro atoms. The summed E-state index contributed by atoms with van der Waals surface area (Å²) in [6.45, 7) is 6.58. The van der Waals surface area contributed by atoms with Gasteiger partial charge in [0, 0.05) is 11.5 Å². The predicted octanol–water partition coefficient (Wildman–Crippen LogP) is 1.29. The lowest BCUT2D eigenvalue weighted by molar-refractivity contribution is -0.136. The van der Waals surface area contributed by atoms with Gasteiger partial charge in [-0.05, 0) is 13.8 Å². The van der Waals surface area contributed by atoms with Gasteiger partial charge in [0.2, 0.25) is 5.76 Å². The molecule has 0 heterocycles. The molecule has 72 valence electrons. The number of aliphatic hydroxyl groups is 1. The molecule has 0 radical (unpaired) electrons. The van der Waals surface area contributed by atoms with Crippen LogP contribution in [0.15, 0.2) is 24.5 Å². The number of hydrogen-bond acceptors (Lipinski definition) is 3. The number of aliphatic carboxylic acids is 1. The number of carboxylic acid groups (broad SMARTS) is 1. The van der Waals surface area contributed by atoms with Crippen molar-refractivity contribution in [3.8, 4) is 0 Å². The first-order valence-electron chi connectivity index (χ1n) is 3.63. The zero-order valence-electron chi connectivity index (χ0n) is 7.57. The summed E-state index contributed by atoms with van der Waals surface area (Å²) in [5.74, 6) is -2.98. The Morgan fingerprint density at radius 3 is 2.08 bits per heavy atom. The van der Waals surface area contributed by atoms with Crippen LogP contribution in [0.25, 0.3) is 0 Å². The molecule has 0 unspecified atom stereocenters. The third kappa shape index (κ3) is 3.11. The lowest BCUT2D eigenvalue weighted by Crippen LogP contribution is -2.20. The van der Waals surface area contributed by atoms with E-state index in [1.165, 1.54) is 6.08 Å². The van der Waals surface area contributed by atoms with Gasteiger partial charge in [0.15, 0.2) is 5.78 Å². The second kappa shape index (κ2) is 3.89. The van der Waals surface area contributed by atoms with Crippen LogP contribution in [0.5, 0.6) is 0 Å². The number of allylic oxidation sites excluding steroid dienone is 2. The minimum absolute atomic E-state index is 0.498. The fourth-order valence-corrected chi connectivity index (χ4v) is 0.473. The van der Waals surface area contributed by atoms with Crippen molar-refractivity contribution in [3.05, 3.63) is 24.5 Å². The first-order chi connectivity index (χ1) is 5.81. The van der Waals surface area contributed by atoms with Crippen molar-refractivity contribution >= 4 is 11.8 Å². The Kier molecular flexibility index (Phi) is 3.42. The van der Waals surface area contributed by atoms with Crippen LogP contribution in [0.4, 0.5) is 0 Å². The highest BCUT2D eigenvalue weighted by Gasteiger charge is 2.23. The Hall–Kier alpha value is -1.58. The van der Waals surface area contributed by atoms with Crippen molar-refractivity contribution in [3.63, 3.8) is 0 Å². The average Bonchev–Trinajstić information content (AvgIpc) is 2.04. The summed E-state index contributed by atoms with van der Waals surface area (Å²) in [6.07, 6.45) is 2.07. The number of aliphatic hydroxyl groups excluding tert-OH is 1. The third-order valence-corrected chi connectivity index (χ3v) is 1.63. The zero-order valence-corrected chi connectivity index (χ0v) is 7.57. The molecule has 0 fully saturated rings. The van der Waals surface area contributed by atoms with Gasteiger partial charge in [-0.1, -0.05) is 6.08 Å². The summed E-state index contributed by atoms with van der Waals surface area (Å²) in [5.41, 5.74) is -0.858. The van der Waals surface area contributed by atoms with E-state index < -0.39 is 22.9 Å². The minimum atomic E-state index is -1.52. The molecule has 0 saturated heterocycles. The molecule has 0 aromatic heterocycles. The normalized spacial score (nSPS) is 12.3. The van der Waals surface area contributed by atoms with E-state index in [9.17, 15) is 9.59 Å². The van der Waals surface area contributed by atoms with Crippen molar-refractivity contribution in [2.75, 3.05) is 0 Å². The van der Waals surface area contributed by atoms with Crippen LogP contribution in [-0.2, 0) is 9.59 Å². The maximum Gasteiger partial charge on any atom is 0.371 e. The van der Waals surface area contributed by atoms with Crippen molar-refractivity contribution in [1.82, 2.24) is 0 Å². The number of hydrogen-bond donors (Lipinski definition) is 2. The van der Waals surface area contributed by atoms with Crippen LogP contribution >= 0.6 is 0 Å². The van der Waals surface area contributed by atoms with Gasteiger partial charge in [0.05, 0.1) is 0 Å². The predicted molar refractivity (Wildman–Crippen MR) is 47.3 cm³/mol. The smallest absolute Gasteiger partial charge is 0.371 e. The first-order valence-corrected chi connectivity index (χ1v) is 3.63. The van der Waals surface area contributed by atoms with Crippen molar-refractivity contribution in [2.45, 2.75) is 13.8 Å². The van der Waals surface area contributed by atoms with E-state index >= 15 is 0 Å². The molecule has 4 heteroatoms. The quantitative estimate of drug-likeness (QED) is 0.392. The molecule has 0 aliphatic rings. The topological polar surface area (TPSA) is 74.6 Å². The fraction of sp³-hybridized carbons (Fsp3) is 0.333. The minimum Gasteiger partial charge on any atom is -0.502 e. The largest absolute Gasteiger partial charge is 0.502 e. The molecular formula is C9H12O4. The van der Waals surface area contributed by atoms with E-state index in [4.69, 9.17) is 10.2 Å². The summed E-state index contributed by atoms with van der Waals surface area (Å²) < 4.78 is 0. The van der Waals surface area contributed by atoms with Crippen molar-refractivity contribution in [1.29, 1.82) is 0 Å². The summed E-state index contributed by atoms with van der Waals surface area (Å²) >= 11 is 0. The second-order valence-corrected chi connectivity index (χ2v) is 3.12. The van der Waals surface area contributed by atoms with E-state index in [0.29, 0.717) is 6.08 Å². The highest BCUT2D eigenvalue weighted by atomic mass is 16.4. The molecule has 4 nitrogen and oxygen atoms in total. The van der Waals surface area contributed by atoms with Gasteiger partial charge < -0.3 is 10.2 Å². The van der Waals surface area contributed by atoms with Gasteiger partial charge in [0.25, 0.3) is 0 Å². The molecule has 13 heavy (non-hydrogen) atoms. The molecule has 0 bridgehead atoms. The Morgan fingerprint density at radius 2 is 1.77 bits per heavy atom. The van der Waals surface area contributed by atoms with Crippen LogP contribution in [0, 0.1) is 5.41 Å². The van der Waals surface area contributed by atoms with Gasteiger partial charge in [-0.3, -0.25) is 4.79 Å². The highest BCUT2D eigenvalue weighted by molar-refractivity contribution is 6.00. The maximum atomic E-state index is 11.2. The lowest BCUT2D eigenvalue weighted by atomic mass is 9.88. The average molecular weight is 184 g/mol. The van der Waals surface area contributed by atoms with Crippen LogP contribution in [0.3, 0.4) is 0 Å². The van der Waals surface area contributed by atoms with Gasteiger partial charge in [-0.2, -0.15) is 0 Å². The number of carbonyl (C=O) groups is 2. The number of ketones is 1. The molecule has 0 amide bonds. The zero-order chi connectivity index (χ0) is 10.6. The second-order valence-electron chi connectivity index (χ2n) is 3.12. The molecule has 0 rings (SSSR count). The van der Waals surface area contributed by atoms with E-state index in [1.807, 2.05) is 0 Å². The Labute approximate surface area is 76.2 Å². The molecule has 0 aromatic rings. The third-order valence-electron chi connectivity index (χ3n) is 1.63. The molecule has 0 saturated carbocycles. The highest BCUT2D eigenvalue weighted by Crippen LogP contribution is 2.18. The van der Waals surface area contributed by atoms with Gasteiger partial charge >= 0.3 is 5.97 Å². The molecule has 2 N–H and O–H groups in total. The van der Waals surface area contributed by atoms with Crippen molar-refractivity contribution < 1.29 is 19.8 Å². The summed E-state index contributed by atoms with van der Waals surface area (Å²) in [7, 11) is 0. The standard InChI is InChI=1S/C9H12O4/c1-4-9(2,3)7(11)5-6(10)8(12)13/h4-5,10H,1H2,2-3H3,(H,12,13)/b6-5-. The lowest BCUT2D eigenvalue weighted by Gasteiger charge is -2.14. The van der Waals surface area contributed by atoms with E-state index in [1.54, 1.807) is 13.8 Å². The molecular weight excluding hydrogens is 172 g/mol. The van der Waals surface area contributed by atoms with Gasteiger partial charge in [-0.15, -0.1) is 6.58 Å². The molecule has 0 aromatic carbocycles. The summed E-state index contributed by atoms with van der Waals surface area (Å²) in [5, 5.41) is 17.0. The Balaban J connectivity index is 4.75. The van der Waals surface area contributed by atoms with E-state index in [0.717, 1.165) is 0 Å². The molecule has 0 aliphatic carbocycles. The van der Waals surface area contributed by atoms with E-state index in [-0.39, 0.29) is 0 Å². The first kappa shape index (κ1) is 11.4. The SMILES string of the molecule is C=CC(C)(C)C(=O)/C=C(\O)C(=O)O. The molecule has 0 atom stereocenters. The van der Waals surface area contributed by atoms with Crippen LogP contribution in [0.2, 0.25) is 0 Å². The van der Waals surface area contributed by atoms with Gasteiger partial charge in [-0.25, -0.2) is 4.79 Å². The molecule has 0 aliphatic heterocycles. The maximum absolute atomic E-state index is 11.2. The van der Waals surface area contributed by atoms with Crippen LogP contribution in [-0.4, -0.2) is 22.0 Å². The Bertz CT molecular complexity index is 273. The van der Waals surface area contributed by atoms with Crippen molar-refractivity contribution in [2.24, 2.45) is 5.41 Å². The van der Waals surface area contributed by atoms with E-state index in [2.05, 4.69) is 6.58 Å². The fourth-order valence-electron chi connectivity index (χ4n) is 0.473. The summed E-state index contributed by atoms with van der Waals surface area (Å²) in [6, 6.07) is 0. The number of rotatable bonds is 4. The monoisotopic (exact) mass is 184 g/mol. The number of carboxylic acids is 1. The Morgan fingerprint density at radius 1 is 1.31 bits per heavy atom. The van der Waals surface area contributed by atoms with Crippen LogP contribution in [0.1, 0.15) is 13.8 Å². The van der Waals surface area contributed by atoms with Crippen LogP contribution < -0.4 is 0 Å². The summed E-state index contributed by atoms with van der Waals surface area (Å²) in [4.78, 5) is 21.4. The van der Waals surface area contributed by atoms with Gasteiger partial charge in [0.1, 0.15) is 0 Å².